The molecule has 0 bridgehead atoms. The van der Waals surface area contributed by atoms with E-state index >= 15 is 0 Å². The molecular formula is C11H19N5O2. The van der Waals surface area contributed by atoms with Crippen molar-refractivity contribution in [2.45, 2.75) is 50.2 Å². The highest BCUT2D eigenvalue weighted by molar-refractivity contribution is 5.64. The number of carboxylic acid groups (broad SMARTS) is 1. The molecular weight excluding hydrogens is 234 g/mol. The van der Waals surface area contributed by atoms with Crippen LogP contribution < -0.4 is 5.32 Å². The number of azide groups is 1. The van der Waals surface area contributed by atoms with Gasteiger partial charge in [-0.15, -0.1) is 0 Å². The van der Waals surface area contributed by atoms with E-state index in [1.807, 2.05) is 0 Å². The minimum Gasteiger partial charge on any atom is -0.465 e. The second kappa shape index (κ2) is 5.93. The maximum atomic E-state index is 10.6. The Hall–Kier alpha value is -1.46. The van der Waals surface area contributed by atoms with Gasteiger partial charge in [-0.1, -0.05) is 18.0 Å². The van der Waals surface area contributed by atoms with Gasteiger partial charge in [0.25, 0.3) is 0 Å². The molecule has 0 aromatic carbocycles. The minimum atomic E-state index is -0.961. The van der Waals surface area contributed by atoms with Crippen molar-refractivity contribution in [3.05, 3.63) is 10.4 Å². The molecule has 3 atom stereocenters. The van der Waals surface area contributed by atoms with E-state index in [4.69, 9.17) is 10.6 Å². The van der Waals surface area contributed by atoms with Gasteiger partial charge < -0.3 is 10.4 Å². The van der Waals surface area contributed by atoms with Gasteiger partial charge >= 0.3 is 6.09 Å². The van der Waals surface area contributed by atoms with E-state index in [1.165, 1.54) is 0 Å². The first-order chi connectivity index (χ1) is 8.70. The van der Waals surface area contributed by atoms with Crippen LogP contribution in [0.25, 0.3) is 10.4 Å². The summed E-state index contributed by atoms with van der Waals surface area (Å²) in [6, 6.07) is 0.346. The topological polar surface area (TPSA) is 101 Å². The van der Waals surface area contributed by atoms with Crippen LogP contribution in [0.15, 0.2) is 5.11 Å². The third kappa shape index (κ3) is 3.05. The van der Waals surface area contributed by atoms with Crippen molar-refractivity contribution in [2.75, 3.05) is 13.1 Å². The number of nitrogens with one attached hydrogen (secondary N) is 1. The molecule has 100 valence electrons. The lowest BCUT2D eigenvalue weighted by Gasteiger charge is -2.35. The molecule has 2 rings (SSSR count). The molecule has 7 heteroatoms. The van der Waals surface area contributed by atoms with Gasteiger partial charge in [-0.3, -0.25) is 4.90 Å². The Morgan fingerprint density at radius 1 is 1.39 bits per heavy atom. The van der Waals surface area contributed by atoms with Gasteiger partial charge in [0, 0.05) is 30.1 Å². The Bertz CT molecular complexity index is 355. The Morgan fingerprint density at radius 3 is 2.89 bits per heavy atom. The van der Waals surface area contributed by atoms with Crippen LogP contribution in [0.1, 0.15) is 32.1 Å². The Balaban J connectivity index is 1.94. The van der Waals surface area contributed by atoms with Crippen LogP contribution in [0.2, 0.25) is 0 Å². The van der Waals surface area contributed by atoms with E-state index in [1.54, 1.807) is 0 Å². The molecule has 0 aromatic rings. The summed E-state index contributed by atoms with van der Waals surface area (Å²) in [5.74, 6) is 0. The number of rotatable bonds is 3. The van der Waals surface area contributed by atoms with Crippen LogP contribution in [0, 0.1) is 0 Å². The monoisotopic (exact) mass is 253 g/mol. The first kappa shape index (κ1) is 13.0. The summed E-state index contributed by atoms with van der Waals surface area (Å²) in [5, 5.41) is 15.1. The third-order valence-electron chi connectivity index (χ3n) is 3.91. The number of hydrogen-bond donors (Lipinski definition) is 2. The zero-order valence-electron chi connectivity index (χ0n) is 10.3. The van der Waals surface area contributed by atoms with Gasteiger partial charge in [0.05, 0.1) is 6.04 Å². The van der Waals surface area contributed by atoms with Crippen LogP contribution >= 0.6 is 0 Å². The molecule has 1 amide bonds. The lowest BCUT2D eigenvalue weighted by Crippen LogP contribution is -2.45. The molecule has 2 N–H and O–H groups in total. The van der Waals surface area contributed by atoms with Gasteiger partial charge in [-0.05, 0) is 24.8 Å². The van der Waals surface area contributed by atoms with Gasteiger partial charge in [-0.25, -0.2) is 4.79 Å². The second-order valence-corrected chi connectivity index (χ2v) is 5.05. The lowest BCUT2D eigenvalue weighted by molar-refractivity contribution is 0.162. The summed E-state index contributed by atoms with van der Waals surface area (Å²) < 4.78 is 0. The molecule has 0 aromatic heterocycles. The SMILES string of the molecule is [N-]=[N+]=N[C@H]1CCCC[C@H]1N1CC[C@@H](NC(=O)O)C1. The van der Waals surface area contributed by atoms with Crippen molar-refractivity contribution in [3.8, 4) is 0 Å². The molecule has 1 aliphatic carbocycles. The van der Waals surface area contributed by atoms with E-state index in [-0.39, 0.29) is 18.1 Å². The number of amides is 1. The minimum absolute atomic E-state index is 0.0103. The average Bonchev–Trinajstić information content (AvgIpc) is 2.77. The van der Waals surface area contributed by atoms with E-state index in [0.717, 1.165) is 45.2 Å². The van der Waals surface area contributed by atoms with E-state index < -0.39 is 6.09 Å². The number of hydrogen-bond acceptors (Lipinski definition) is 3. The van der Waals surface area contributed by atoms with Crippen molar-refractivity contribution in [1.29, 1.82) is 0 Å². The van der Waals surface area contributed by atoms with Crippen molar-refractivity contribution < 1.29 is 9.90 Å². The van der Waals surface area contributed by atoms with Gasteiger partial charge in [-0.2, -0.15) is 0 Å². The predicted octanol–water partition coefficient (Wildman–Crippen LogP) is 1.95. The predicted molar refractivity (Wildman–Crippen MR) is 66.3 cm³/mol. The molecule has 0 spiro atoms. The lowest BCUT2D eigenvalue weighted by atomic mass is 9.90. The maximum absolute atomic E-state index is 10.6. The fourth-order valence-corrected chi connectivity index (χ4v) is 3.10. The molecule has 1 aliphatic heterocycles. The quantitative estimate of drug-likeness (QED) is 0.456. The van der Waals surface area contributed by atoms with Crippen LogP contribution in [0.3, 0.4) is 0 Å². The molecule has 7 nitrogen and oxygen atoms in total. The molecule has 2 aliphatic rings. The zero-order chi connectivity index (χ0) is 13.0. The zero-order valence-corrected chi connectivity index (χ0v) is 10.3. The first-order valence-corrected chi connectivity index (χ1v) is 6.48. The van der Waals surface area contributed by atoms with E-state index in [0.29, 0.717) is 0 Å². The fraction of sp³-hybridized carbons (Fsp3) is 0.909. The number of nitrogens with zero attached hydrogens (tertiary/aromatic N) is 4. The molecule has 1 saturated heterocycles. The van der Waals surface area contributed by atoms with Crippen LogP contribution in [-0.2, 0) is 0 Å². The van der Waals surface area contributed by atoms with Crippen molar-refractivity contribution in [2.24, 2.45) is 5.11 Å². The molecule has 1 heterocycles. The Morgan fingerprint density at radius 2 is 2.17 bits per heavy atom. The summed E-state index contributed by atoms with van der Waals surface area (Å²) in [6.45, 7) is 1.61. The first-order valence-electron chi connectivity index (χ1n) is 6.48. The summed E-state index contributed by atoms with van der Waals surface area (Å²) in [5.41, 5.74) is 8.60. The third-order valence-corrected chi connectivity index (χ3v) is 3.91. The molecule has 0 radical (unpaired) electrons. The molecule has 2 fully saturated rings. The Kier molecular flexibility index (Phi) is 4.28. The van der Waals surface area contributed by atoms with Crippen LogP contribution in [0.4, 0.5) is 4.79 Å². The van der Waals surface area contributed by atoms with E-state index in [9.17, 15) is 4.79 Å². The molecule has 0 unspecified atom stereocenters. The number of carbonyl (C=O) groups is 1. The summed E-state index contributed by atoms with van der Waals surface area (Å²) in [7, 11) is 0. The van der Waals surface area contributed by atoms with Gasteiger partial charge in [0.15, 0.2) is 0 Å². The maximum Gasteiger partial charge on any atom is 0.404 e. The smallest absolute Gasteiger partial charge is 0.404 e. The van der Waals surface area contributed by atoms with E-state index in [2.05, 4.69) is 20.2 Å². The highest BCUT2D eigenvalue weighted by Gasteiger charge is 2.34. The van der Waals surface area contributed by atoms with Crippen LogP contribution in [0.5, 0.6) is 0 Å². The van der Waals surface area contributed by atoms with Crippen molar-refractivity contribution in [3.63, 3.8) is 0 Å². The molecule has 1 saturated carbocycles. The molecule has 18 heavy (non-hydrogen) atoms. The van der Waals surface area contributed by atoms with Gasteiger partial charge in [0.2, 0.25) is 0 Å². The Labute approximate surface area is 106 Å². The summed E-state index contributed by atoms with van der Waals surface area (Å²) in [4.78, 5) is 15.8. The number of likely N-dealkylation sites (tertiary alicyclic amines) is 1. The highest BCUT2D eigenvalue weighted by Crippen LogP contribution is 2.28. The second-order valence-electron chi connectivity index (χ2n) is 5.05. The van der Waals surface area contributed by atoms with Crippen molar-refractivity contribution >= 4 is 6.09 Å². The standard InChI is InChI=1S/C11H19N5O2/c12-15-14-9-3-1-2-4-10(9)16-6-5-8(7-16)13-11(17)18/h8-10,13H,1-7H2,(H,17,18)/t8-,9+,10-/m1/s1. The van der Waals surface area contributed by atoms with Gasteiger partial charge in [0.1, 0.15) is 0 Å². The average molecular weight is 253 g/mol. The normalized spacial score (nSPS) is 32.8. The van der Waals surface area contributed by atoms with Crippen molar-refractivity contribution in [1.82, 2.24) is 10.2 Å². The van der Waals surface area contributed by atoms with Crippen LogP contribution in [-0.4, -0.2) is 47.3 Å². The summed E-state index contributed by atoms with van der Waals surface area (Å²) in [6.07, 6.45) is 4.15. The highest BCUT2D eigenvalue weighted by atomic mass is 16.4. The largest absolute Gasteiger partial charge is 0.465 e. The summed E-state index contributed by atoms with van der Waals surface area (Å²) >= 11 is 0. The fourth-order valence-electron chi connectivity index (χ4n) is 3.10.